The summed E-state index contributed by atoms with van der Waals surface area (Å²) >= 11 is 0. The number of nitrogens with zero attached hydrogens (tertiary/aromatic N) is 2. The van der Waals surface area contributed by atoms with Gasteiger partial charge in [-0.1, -0.05) is 0 Å². The summed E-state index contributed by atoms with van der Waals surface area (Å²) in [4.78, 5) is 13.0. The van der Waals surface area contributed by atoms with Gasteiger partial charge in [-0.3, -0.25) is 0 Å². The van der Waals surface area contributed by atoms with Gasteiger partial charge >= 0.3 is 6.09 Å². The largest absolute Gasteiger partial charge is 0.450 e. The highest BCUT2D eigenvalue weighted by Crippen LogP contribution is 2.42. The summed E-state index contributed by atoms with van der Waals surface area (Å²) in [5, 5.41) is 0. The average molecular weight is 478 g/mol. The Hall–Kier alpha value is -1.85. The lowest BCUT2D eigenvalue weighted by Gasteiger charge is -2.40. The minimum absolute atomic E-state index is 0.0146. The van der Waals surface area contributed by atoms with Gasteiger partial charge in [-0.2, -0.15) is 4.31 Å². The van der Waals surface area contributed by atoms with E-state index in [0.29, 0.717) is 31.7 Å². The number of nitrogens with two attached hydrogens (primary N) is 1. The van der Waals surface area contributed by atoms with E-state index in [1.807, 2.05) is 0 Å². The molecule has 1 amide bonds. The SMILES string of the molecule is CCOC(=O)N(C)CCS(=O)(=O)N1[C@@H]2CC[C@H]1C[C@H]([C@H](N)Cc1cc(F)c(F)cc1F)C2. The molecule has 32 heavy (non-hydrogen) atoms. The molecule has 0 saturated carbocycles. The van der Waals surface area contributed by atoms with Crippen LogP contribution in [0.25, 0.3) is 0 Å². The van der Waals surface area contributed by atoms with E-state index < -0.39 is 39.6 Å². The number of amides is 1. The molecule has 3 rings (SSSR count). The monoisotopic (exact) mass is 477 g/mol. The van der Waals surface area contributed by atoms with Gasteiger partial charge < -0.3 is 15.4 Å². The number of rotatable bonds is 8. The highest BCUT2D eigenvalue weighted by molar-refractivity contribution is 7.89. The summed E-state index contributed by atoms with van der Waals surface area (Å²) in [7, 11) is -2.11. The van der Waals surface area contributed by atoms with Crippen LogP contribution >= 0.6 is 0 Å². The van der Waals surface area contributed by atoms with Crippen molar-refractivity contribution in [2.75, 3.05) is 26.0 Å². The first-order chi connectivity index (χ1) is 15.0. The van der Waals surface area contributed by atoms with Gasteiger partial charge in [-0.15, -0.1) is 0 Å². The van der Waals surface area contributed by atoms with Gasteiger partial charge in [0.2, 0.25) is 10.0 Å². The Labute approximate surface area is 186 Å². The molecule has 2 aliphatic heterocycles. The second-order valence-corrected chi connectivity index (χ2v) is 10.6. The summed E-state index contributed by atoms with van der Waals surface area (Å²) in [6.07, 6.45) is 1.94. The molecular weight excluding hydrogens is 447 g/mol. The molecule has 0 radical (unpaired) electrons. The molecule has 2 bridgehead atoms. The molecule has 0 unspecified atom stereocenters. The Kier molecular flexibility index (Phi) is 7.72. The van der Waals surface area contributed by atoms with Crippen molar-refractivity contribution in [1.82, 2.24) is 9.21 Å². The zero-order valence-corrected chi connectivity index (χ0v) is 19.1. The molecule has 2 aliphatic rings. The molecule has 180 valence electrons. The van der Waals surface area contributed by atoms with Gasteiger partial charge in [0.1, 0.15) is 5.82 Å². The molecule has 4 atom stereocenters. The number of carbonyl (C=O) groups is 1. The van der Waals surface area contributed by atoms with Crippen LogP contribution in [0.15, 0.2) is 12.1 Å². The minimum Gasteiger partial charge on any atom is -0.450 e. The second-order valence-electron chi connectivity index (χ2n) is 8.61. The first-order valence-corrected chi connectivity index (χ1v) is 12.4. The van der Waals surface area contributed by atoms with Crippen molar-refractivity contribution in [3.63, 3.8) is 0 Å². The van der Waals surface area contributed by atoms with Crippen molar-refractivity contribution < 1.29 is 31.1 Å². The molecule has 0 aliphatic carbocycles. The summed E-state index contributed by atoms with van der Waals surface area (Å²) in [6, 6.07) is 0.426. The third-order valence-electron chi connectivity index (χ3n) is 6.44. The van der Waals surface area contributed by atoms with Gasteiger partial charge in [-0.25, -0.2) is 26.4 Å². The number of hydrogen-bond donors (Lipinski definition) is 1. The Morgan fingerprint density at radius 2 is 1.78 bits per heavy atom. The number of halogens is 3. The summed E-state index contributed by atoms with van der Waals surface area (Å²) in [5.41, 5.74) is 6.31. The Morgan fingerprint density at radius 1 is 1.19 bits per heavy atom. The minimum atomic E-state index is -3.60. The first-order valence-electron chi connectivity index (χ1n) is 10.8. The maximum Gasteiger partial charge on any atom is 0.409 e. The highest BCUT2D eigenvalue weighted by atomic mass is 32.2. The molecule has 2 fully saturated rings. The van der Waals surface area contributed by atoms with Crippen molar-refractivity contribution in [3.8, 4) is 0 Å². The zero-order chi connectivity index (χ0) is 23.6. The van der Waals surface area contributed by atoms with E-state index in [9.17, 15) is 26.4 Å². The van der Waals surface area contributed by atoms with Crippen LogP contribution < -0.4 is 5.73 Å². The van der Waals surface area contributed by atoms with Crippen LogP contribution in [0.4, 0.5) is 18.0 Å². The molecule has 1 aromatic rings. The molecule has 2 N–H and O–H groups in total. The summed E-state index contributed by atoms with van der Waals surface area (Å²) in [5.74, 6) is -3.47. The fraction of sp³-hybridized carbons (Fsp3) is 0.667. The van der Waals surface area contributed by atoms with Crippen LogP contribution in [0.2, 0.25) is 0 Å². The number of piperidine rings is 1. The maximum absolute atomic E-state index is 14.0. The number of sulfonamides is 1. The second kappa shape index (κ2) is 9.96. The number of hydrogen-bond acceptors (Lipinski definition) is 5. The van der Waals surface area contributed by atoms with Gasteiger partial charge in [0.15, 0.2) is 11.6 Å². The lowest BCUT2D eigenvalue weighted by atomic mass is 9.83. The summed E-state index contributed by atoms with van der Waals surface area (Å²) < 4.78 is 73.1. The molecule has 1 aromatic carbocycles. The molecule has 7 nitrogen and oxygen atoms in total. The van der Waals surface area contributed by atoms with Crippen LogP contribution in [-0.4, -0.2) is 67.8 Å². The third-order valence-corrected chi connectivity index (χ3v) is 8.38. The number of benzene rings is 1. The Bertz CT molecular complexity index is 932. The maximum atomic E-state index is 14.0. The number of fused-ring (bicyclic) bond motifs is 2. The van der Waals surface area contributed by atoms with E-state index in [1.165, 1.54) is 11.9 Å². The standard InChI is InChI=1S/C21H30F3N3O4S/c1-3-31-21(28)26(2)6-7-32(29,30)27-15-4-5-16(27)9-14(8-15)20(25)11-13-10-18(23)19(24)12-17(13)22/h10,12,14-16,20H,3-9,11,25H2,1-2H3/t14-,15-,16+,20-/m1/s1. The predicted octanol–water partition coefficient (Wildman–Crippen LogP) is 2.63. The third kappa shape index (κ3) is 5.37. The average Bonchev–Trinajstić information content (AvgIpc) is 3.01. The van der Waals surface area contributed by atoms with Crippen molar-refractivity contribution >= 4 is 16.1 Å². The Balaban J connectivity index is 1.62. The van der Waals surface area contributed by atoms with Crippen molar-refractivity contribution in [2.45, 2.75) is 57.2 Å². The van der Waals surface area contributed by atoms with Crippen molar-refractivity contribution in [2.24, 2.45) is 11.7 Å². The van der Waals surface area contributed by atoms with Gasteiger partial charge in [0.05, 0.1) is 12.4 Å². The quantitative estimate of drug-likeness (QED) is 0.581. The van der Waals surface area contributed by atoms with E-state index in [-0.39, 0.29) is 48.9 Å². The smallest absolute Gasteiger partial charge is 0.409 e. The normalized spacial score (nSPS) is 24.4. The molecule has 2 heterocycles. The summed E-state index contributed by atoms with van der Waals surface area (Å²) in [6.45, 7) is 1.91. The lowest BCUT2D eigenvalue weighted by molar-refractivity contribution is 0.118. The van der Waals surface area contributed by atoms with Crippen LogP contribution in [0.3, 0.4) is 0 Å². The number of carbonyl (C=O) groups excluding carboxylic acids is 1. The van der Waals surface area contributed by atoms with Gasteiger partial charge in [0, 0.05) is 37.8 Å². The van der Waals surface area contributed by atoms with Crippen LogP contribution in [0.1, 0.15) is 38.2 Å². The lowest BCUT2D eigenvalue weighted by Crippen LogP contribution is -2.51. The van der Waals surface area contributed by atoms with Crippen LogP contribution in [0.5, 0.6) is 0 Å². The molecule has 0 spiro atoms. The predicted molar refractivity (Wildman–Crippen MR) is 113 cm³/mol. The van der Waals surface area contributed by atoms with Crippen molar-refractivity contribution in [1.29, 1.82) is 0 Å². The Morgan fingerprint density at radius 3 is 2.38 bits per heavy atom. The fourth-order valence-electron chi connectivity index (χ4n) is 4.80. The van der Waals surface area contributed by atoms with Gasteiger partial charge in [-0.05, 0) is 56.6 Å². The van der Waals surface area contributed by atoms with Crippen LogP contribution in [-0.2, 0) is 21.2 Å². The van der Waals surface area contributed by atoms with E-state index in [4.69, 9.17) is 10.5 Å². The molecule has 2 saturated heterocycles. The molecule has 0 aromatic heterocycles. The van der Waals surface area contributed by atoms with Crippen molar-refractivity contribution in [3.05, 3.63) is 35.1 Å². The van der Waals surface area contributed by atoms with Gasteiger partial charge in [0.25, 0.3) is 0 Å². The van der Waals surface area contributed by atoms with E-state index >= 15 is 0 Å². The van der Waals surface area contributed by atoms with E-state index in [1.54, 1.807) is 11.2 Å². The van der Waals surface area contributed by atoms with E-state index in [2.05, 4.69) is 0 Å². The molecular formula is C21H30F3N3O4S. The highest BCUT2D eigenvalue weighted by Gasteiger charge is 2.47. The fourth-order valence-corrected chi connectivity index (χ4v) is 6.81. The van der Waals surface area contributed by atoms with Crippen LogP contribution in [0, 0.1) is 23.4 Å². The zero-order valence-electron chi connectivity index (χ0n) is 18.3. The first kappa shape index (κ1) is 24.8. The van der Waals surface area contributed by atoms with E-state index in [0.717, 1.165) is 6.07 Å². The molecule has 11 heteroatoms. The topological polar surface area (TPSA) is 92.9 Å². The number of ether oxygens (including phenoxy) is 1.